The van der Waals surface area contributed by atoms with Gasteiger partial charge in [-0.05, 0) is 44.0 Å². The van der Waals surface area contributed by atoms with Gasteiger partial charge in [-0.1, -0.05) is 6.92 Å². The van der Waals surface area contributed by atoms with Gasteiger partial charge >= 0.3 is 0 Å². The molecule has 2 fully saturated rings. The number of anilines is 2. The molecule has 3 aliphatic heterocycles. The molecule has 0 unspecified atom stereocenters. The number of fused-ring (bicyclic) bond motifs is 3. The molecule has 0 aliphatic carbocycles. The summed E-state index contributed by atoms with van der Waals surface area (Å²) in [6.45, 7) is 7.55. The van der Waals surface area contributed by atoms with Crippen LogP contribution in [0, 0.1) is 0 Å². The molecule has 2 saturated heterocycles. The van der Waals surface area contributed by atoms with Gasteiger partial charge in [-0.15, -0.1) is 0 Å². The van der Waals surface area contributed by atoms with Crippen molar-refractivity contribution in [2.45, 2.75) is 38.6 Å². The van der Waals surface area contributed by atoms with E-state index in [9.17, 15) is 14.4 Å². The summed E-state index contributed by atoms with van der Waals surface area (Å²) < 4.78 is 5.35. The largest absolute Gasteiger partial charge is 0.379 e. The zero-order valence-electron chi connectivity index (χ0n) is 17.6. The lowest BCUT2D eigenvalue weighted by atomic mass is 10.0. The molecular formula is C22H30N4O4. The van der Waals surface area contributed by atoms with Crippen molar-refractivity contribution in [3.05, 3.63) is 23.8 Å². The molecule has 0 spiro atoms. The van der Waals surface area contributed by atoms with Gasteiger partial charge in [0.05, 0.1) is 24.6 Å². The minimum atomic E-state index is -0.406. The number of carbonyl (C=O) groups excluding carboxylic acids is 3. The van der Waals surface area contributed by atoms with Gasteiger partial charge in [-0.2, -0.15) is 0 Å². The zero-order chi connectivity index (χ0) is 21.1. The van der Waals surface area contributed by atoms with Gasteiger partial charge in [-0.3, -0.25) is 24.2 Å². The maximum absolute atomic E-state index is 13.0. The highest BCUT2D eigenvalue weighted by Crippen LogP contribution is 2.41. The molecule has 3 amide bonds. The molecule has 0 radical (unpaired) electrons. The Morgan fingerprint density at radius 2 is 1.97 bits per heavy atom. The second-order valence-corrected chi connectivity index (χ2v) is 8.08. The monoisotopic (exact) mass is 414 g/mol. The summed E-state index contributed by atoms with van der Waals surface area (Å²) in [5.41, 5.74) is 1.91. The van der Waals surface area contributed by atoms with Gasteiger partial charge in [0.1, 0.15) is 6.04 Å². The Kier molecular flexibility index (Phi) is 6.34. The van der Waals surface area contributed by atoms with Crippen molar-refractivity contribution in [1.82, 2.24) is 10.2 Å². The molecule has 1 atom stereocenters. The molecule has 1 aromatic rings. The topological polar surface area (TPSA) is 82.2 Å². The highest BCUT2D eigenvalue weighted by Gasteiger charge is 2.44. The third-order valence-corrected chi connectivity index (χ3v) is 6.04. The number of morpholine rings is 1. The highest BCUT2D eigenvalue weighted by molar-refractivity contribution is 6.15. The second kappa shape index (κ2) is 9.14. The summed E-state index contributed by atoms with van der Waals surface area (Å²) in [6, 6.07) is 4.90. The first-order chi connectivity index (χ1) is 14.6. The molecule has 162 valence electrons. The van der Waals surface area contributed by atoms with Crippen molar-refractivity contribution in [1.29, 1.82) is 0 Å². The van der Waals surface area contributed by atoms with Gasteiger partial charge in [0.15, 0.2) is 0 Å². The lowest BCUT2D eigenvalue weighted by Crippen LogP contribution is -2.52. The number of rotatable bonds is 7. The molecule has 0 saturated carbocycles. The molecule has 1 aromatic carbocycles. The van der Waals surface area contributed by atoms with Gasteiger partial charge < -0.3 is 15.0 Å². The first kappa shape index (κ1) is 20.8. The van der Waals surface area contributed by atoms with E-state index in [-0.39, 0.29) is 17.7 Å². The van der Waals surface area contributed by atoms with Crippen molar-refractivity contribution >= 4 is 29.1 Å². The molecular weight excluding hydrogens is 384 g/mol. The fraction of sp³-hybridized carbons (Fsp3) is 0.591. The van der Waals surface area contributed by atoms with Crippen LogP contribution in [0.1, 0.15) is 43.0 Å². The van der Waals surface area contributed by atoms with Crippen LogP contribution in [0.4, 0.5) is 11.4 Å². The Morgan fingerprint density at radius 1 is 1.17 bits per heavy atom. The van der Waals surface area contributed by atoms with E-state index in [1.165, 1.54) is 0 Å². The Hall–Kier alpha value is -2.45. The van der Waals surface area contributed by atoms with Crippen molar-refractivity contribution in [3.8, 4) is 0 Å². The molecule has 30 heavy (non-hydrogen) atoms. The third kappa shape index (κ3) is 4.06. The smallest absolute Gasteiger partial charge is 0.251 e. The molecule has 8 nitrogen and oxygen atoms in total. The van der Waals surface area contributed by atoms with Gasteiger partial charge in [-0.25, -0.2) is 0 Å². The van der Waals surface area contributed by atoms with Crippen molar-refractivity contribution in [3.63, 3.8) is 0 Å². The fourth-order valence-corrected chi connectivity index (χ4v) is 4.49. The van der Waals surface area contributed by atoms with E-state index in [0.29, 0.717) is 37.2 Å². The van der Waals surface area contributed by atoms with Crippen LogP contribution in [-0.4, -0.2) is 74.6 Å². The SMILES string of the molecule is CCCN1C(=O)[C@H]2CCC(=O)N2c2ccc(C(=O)NCCCN3CCOCC3)cc21. The number of carbonyl (C=O) groups is 3. The van der Waals surface area contributed by atoms with Crippen molar-refractivity contribution in [2.24, 2.45) is 0 Å². The van der Waals surface area contributed by atoms with Crippen LogP contribution in [-0.2, 0) is 14.3 Å². The summed E-state index contributed by atoms with van der Waals surface area (Å²) in [7, 11) is 0. The lowest BCUT2D eigenvalue weighted by molar-refractivity contribution is -0.122. The van der Waals surface area contributed by atoms with Crippen LogP contribution >= 0.6 is 0 Å². The lowest BCUT2D eigenvalue weighted by Gasteiger charge is -2.38. The average Bonchev–Trinajstić information content (AvgIpc) is 3.16. The van der Waals surface area contributed by atoms with E-state index in [1.54, 1.807) is 21.9 Å². The van der Waals surface area contributed by atoms with Gasteiger partial charge in [0.25, 0.3) is 5.91 Å². The highest BCUT2D eigenvalue weighted by atomic mass is 16.5. The molecule has 4 rings (SSSR count). The summed E-state index contributed by atoms with van der Waals surface area (Å²) in [4.78, 5) is 43.7. The quantitative estimate of drug-likeness (QED) is 0.682. The van der Waals surface area contributed by atoms with Crippen LogP contribution in [0.2, 0.25) is 0 Å². The summed E-state index contributed by atoms with van der Waals surface area (Å²) in [6.07, 6.45) is 2.63. The fourth-order valence-electron chi connectivity index (χ4n) is 4.49. The van der Waals surface area contributed by atoms with Crippen molar-refractivity contribution in [2.75, 3.05) is 55.7 Å². The van der Waals surface area contributed by atoms with Crippen LogP contribution < -0.4 is 15.1 Å². The van der Waals surface area contributed by atoms with E-state index in [1.807, 2.05) is 13.0 Å². The maximum atomic E-state index is 13.0. The molecule has 8 heteroatoms. The predicted octanol–water partition coefficient (Wildman–Crippen LogP) is 1.39. The minimum Gasteiger partial charge on any atom is -0.379 e. The van der Waals surface area contributed by atoms with Crippen LogP contribution in [0.5, 0.6) is 0 Å². The Labute approximate surface area is 177 Å². The standard InChI is InChI=1S/C22H30N4O4/c1-2-9-25-19-15-16(21(28)23-8-3-10-24-11-13-30-14-12-24)4-5-17(19)26-18(22(25)29)6-7-20(26)27/h4-5,15,18H,2-3,6-14H2,1H3,(H,23,28)/t18-/m1/s1. The third-order valence-electron chi connectivity index (χ3n) is 6.04. The van der Waals surface area contributed by atoms with E-state index < -0.39 is 6.04 Å². The number of benzene rings is 1. The Morgan fingerprint density at radius 3 is 2.73 bits per heavy atom. The Balaban J connectivity index is 1.44. The average molecular weight is 415 g/mol. The summed E-state index contributed by atoms with van der Waals surface area (Å²) in [5.74, 6) is -0.220. The van der Waals surface area contributed by atoms with Crippen LogP contribution in [0.25, 0.3) is 0 Å². The van der Waals surface area contributed by atoms with Crippen molar-refractivity contribution < 1.29 is 19.1 Å². The number of amides is 3. The first-order valence-electron chi connectivity index (χ1n) is 11.0. The number of nitrogens with zero attached hydrogens (tertiary/aromatic N) is 3. The molecule has 0 aromatic heterocycles. The maximum Gasteiger partial charge on any atom is 0.251 e. The number of ether oxygens (including phenoxy) is 1. The van der Waals surface area contributed by atoms with Gasteiger partial charge in [0, 0.05) is 38.2 Å². The van der Waals surface area contributed by atoms with Crippen LogP contribution in [0.15, 0.2) is 18.2 Å². The van der Waals surface area contributed by atoms with E-state index in [0.717, 1.165) is 51.4 Å². The van der Waals surface area contributed by atoms with E-state index in [4.69, 9.17) is 4.74 Å². The van der Waals surface area contributed by atoms with E-state index >= 15 is 0 Å². The Bertz CT molecular complexity index is 821. The minimum absolute atomic E-state index is 0.0222. The number of nitrogens with one attached hydrogen (secondary N) is 1. The summed E-state index contributed by atoms with van der Waals surface area (Å²) >= 11 is 0. The molecule has 3 heterocycles. The predicted molar refractivity (Wildman–Crippen MR) is 114 cm³/mol. The number of hydrogen-bond acceptors (Lipinski definition) is 5. The summed E-state index contributed by atoms with van der Waals surface area (Å²) in [5, 5.41) is 2.98. The zero-order valence-corrected chi connectivity index (χ0v) is 17.6. The van der Waals surface area contributed by atoms with Crippen LogP contribution in [0.3, 0.4) is 0 Å². The second-order valence-electron chi connectivity index (χ2n) is 8.08. The number of hydrogen-bond donors (Lipinski definition) is 1. The van der Waals surface area contributed by atoms with E-state index in [2.05, 4.69) is 10.2 Å². The molecule has 1 N–H and O–H groups in total. The van der Waals surface area contributed by atoms with Gasteiger partial charge in [0.2, 0.25) is 11.8 Å². The molecule has 3 aliphatic rings. The normalized spacial score (nSPS) is 21.6. The first-order valence-corrected chi connectivity index (χ1v) is 11.0. The molecule has 0 bridgehead atoms.